The molecule has 0 spiro atoms. The second kappa shape index (κ2) is 11.5. The Morgan fingerprint density at radius 1 is 0.921 bits per heavy atom. The predicted molar refractivity (Wildman–Crippen MR) is 147 cm³/mol. The summed E-state index contributed by atoms with van der Waals surface area (Å²) in [5.41, 5.74) is 2.30. The zero-order chi connectivity index (χ0) is 27.4. The third-order valence-electron chi connectivity index (χ3n) is 5.65. The van der Waals surface area contributed by atoms with Crippen molar-refractivity contribution in [2.24, 2.45) is 0 Å². The first-order valence-electron chi connectivity index (χ1n) is 11.7. The Kier molecular flexibility index (Phi) is 8.14. The lowest BCUT2D eigenvalue weighted by atomic mass is 10.1. The lowest BCUT2D eigenvalue weighted by molar-refractivity contribution is -0.120. The van der Waals surface area contributed by atoms with E-state index in [0.29, 0.717) is 28.4 Å². The first-order chi connectivity index (χ1) is 18.2. The maximum absolute atomic E-state index is 13.2. The second-order valence-electron chi connectivity index (χ2n) is 8.44. The van der Waals surface area contributed by atoms with Crippen LogP contribution in [0.25, 0.3) is 0 Å². The van der Waals surface area contributed by atoms with Crippen molar-refractivity contribution >= 4 is 64.0 Å². The molecular formula is C28H23Cl2N3O5. The van der Waals surface area contributed by atoms with Crippen LogP contribution in [0.5, 0.6) is 0 Å². The summed E-state index contributed by atoms with van der Waals surface area (Å²) in [5.74, 6) is -2.40. The molecule has 0 bridgehead atoms. The Balaban J connectivity index is 1.53. The number of carbonyl (C=O) groups is 4. The number of amides is 3. The van der Waals surface area contributed by atoms with Crippen molar-refractivity contribution < 1.29 is 23.9 Å². The average molecular weight is 552 g/mol. The molecule has 1 aliphatic rings. The summed E-state index contributed by atoms with van der Waals surface area (Å²) in [6.07, 6.45) is 0.659. The van der Waals surface area contributed by atoms with E-state index in [2.05, 4.69) is 10.6 Å². The van der Waals surface area contributed by atoms with Crippen molar-refractivity contribution in [1.82, 2.24) is 0 Å². The van der Waals surface area contributed by atoms with Crippen LogP contribution >= 0.6 is 23.2 Å². The number of hydrogen-bond acceptors (Lipinski definition) is 6. The summed E-state index contributed by atoms with van der Waals surface area (Å²) in [5, 5.41) is 5.84. The fourth-order valence-corrected chi connectivity index (χ4v) is 4.09. The molecule has 0 aliphatic carbocycles. The van der Waals surface area contributed by atoms with Crippen LogP contribution in [0.1, 0.15) is 39.6 Å². The number of ether oxygens (including phenoxy) is 1. The highest BCUT2D eigenvalue weighted by Crippen LogP contribution is 2.31. The van der Waals surface area contributed by atoms with Gasteiger partial charge in [0, 0.05) is 22.0 Å². The molecule has 0 atom stereocenters. The van der Waals surface area contributed by atoms with Crippen LogP contribution in [0.15, 0.2) is 77.5 Å². The highest BCUT2D eigenvalue weighted by Gasteiger charge is 2.39. The van der Waals surface area contributed by atoms with Crippen LogP contribution in [0, 0.1) is 6.92 Å². The normalized spacial score (nSPS) is 13.1. The number of nitrogens with one attached hydrogen (secondary N) is 2. The maximum Gasteiger partial charge on any atom is 0.338 e. The quantitative estimate of drug-likeness (QED) is 0.266. The van der Waals surface area contributed by atoms with Crippen molar-refractivity contribution in [3.05, 3.63) is 99.2 Å². The number of aryl methyl sites for hydroxylation is 1. The highest BCUT2D eigenvalue weighted by molar-refractivity contribution is 6.53. The minimum absolute atomic E-state index is 0.154. The van der Waals surface area contributed by atoms with Crippen molar-refractivity contribution in [2.75, 3.05) is 22.1 Å². The van der Waals surface area contributed by atoms with Crippen molar-refractivity contribution in [1.29, 1.82) is 0 Å². The fraction of sp³-hybridized carbons (Fsp3) is 0.143. The first kappa shape index (κ1) is 26.9. The molecule has 0 radical (unpaired) electrons. The summed E-state index contributed by atoms with van der Waals surface area (Å²) in [7, 11) is 0. The van der Waals surface area contributed by atoms with E-state index < -0.39 is 17.8 Å². The van der Waals surface area contributed by atoms with Gasteiger partial charge < -0.3 is 15.4 Å². The number of rotatable bonds is 8. The van der Waals surface area contributed by atoms with Gasteiger partial charge in [0.05, 0.1) is 17.9 Å². The van der Waals surface area contributed by atoms with Gasteiger partial charge in [-0.3, -0.25) is 14.4 Å². The fourth-order valence-electron chi connectivity index (χ4n) is 3.70. The summed E-state index contributed by atoms with van der Waals surface area (Å²) >= 11 is 12.3. The summed E-state index contributed by atoms with van der Waals surface area (Å²) in [4.78, 5) is 52.1. The van der Waals surface area contributed by atoms with Gasteiger partial charge in [0.25, 0.3) is 17.7 Å². The summed E-state index contributed by atoms with van der Waals surface area (Å²) < 4.78 is 5.13. The van der Waals surface area contributed by atoms with Crippen LogP contribution in [0.4, 0.5) is 17.1 Å². The van der Waals surface area contributed by atoms with Crippen molar-refractivity contribution in [3.8, 4) is 0 Å². The molecule has 3 aromatic carbocycles. The van der Waals surface area contributed by atoms with Gasteiger partial charge >= 0.3 is 5.97 Å². The van der Waals surface area contributed by atoms with Gasteiger partial charge in [-0.05, 0) is 67.4 Å². The van der Waals surface area contributed by atoms with E-state index in [1.165, 1.54) is 24.3 Å². The zero-order valence-corrected chi connectivity index (χ0v) is 22.0. The van der Waals surface area contributed by atoms with E-state index in [1.807, 2.05) is 13.8 Å². The maximum atomic E-state index is 13.2. The number of anilines is 3. The van der Waals surface area contributed by atoms with Crippen LogP contribution in [0.3, 0.4) is 0 Å². The number of carbonyl (C=O) groups excluding carboxylic acids is 4. The van der Waals surface area contributed by atoms with Crippen molar-refractivity contribution in [2.45, 2.75) is 20.3 Å². The molecule has 8 nitrogen and oxygen atoms in total. The Hall–Kier alpha value is -4.14. The molecule has 10 heteroatoms. The summed E-state index contributed by atoms with van der Waals surface area (Å²) in [6, 6.07) is 17.5. The van der Waals surface area contributed by atoms with Crippen molar-refractivity contribution in [3.63, 3.8) is 0 Å². The SMILES string of the molecule is CCCOC(=O)c1cccc(N2C(=O)C(Cl)=C(Nc3cccc(C(=O)Nc4cc(Cl)ccc4C)c3)C2=O)c1. The Morgan fingerprint density at radius 2 is 1.66 bits per heavy atom. The number of halogens is 2. The van der Waals surface area contributed by atoms with E-state index in [1.54, 1.807) is 42.5 Å². The third kappa shape index (κ3) is 5.72. The molecule has 0 saturated heterocycles. The smallest absolute Gasteiger partial charge is 0.338 e. The first-order valence-corrected chi connectivity index (χ1v) is 12.5. The molecule has 1 heterocycles. The van der Waals surface area contributed by atoms with E-state index >= 15 is 0 Å². The molecule has 0 unspecified atom stereocenters. The van der Waals surface area contributed by atoms with E-state index in [-0.39, 0.29) is 34.5 Å². The molecular weight excluding hydrogens is 529 g/mol. The van der Waals surface area contributed by atoms with Crippen LogP contribution in [-0.4, -0.2) is 30.3 Å². The predicted octanol–water partition coefficient (Wildman–Crippen LogP) is 5.90. The van der Waals surface area contributed by atoms with E-state index in [0.717, 1.165) is 10.5 Å². The molecule has 1 aliphatic heterocycles. The zero-order valence-electron chi connectivity index (χ0n) is 20.5. The number of esters is 1. The van der Waals surface area contributed by atoms with Gasteiger partial charge in [-0.25, -0.2) is 9.69 Å². The molecule has 2 N–H and O–H groups in total. The second-order valence-corrected chi connectivity index (χ2v) is 9.25. The monoisotopic (exact) mass is 551 g/mol. The third-order valence-corrected chi connectivity index (χ3v) is 6.23. The molecule has 4 rings (SSSR count). The van der Waals surface area contributed by atoms with E-state index in [9.17, 15) is 19.2 Å². The largest absolute Gasteiger partial charge is 0.462 e. The lowest BCUT2D eigenvalue weighted by Crippen LogP contribution is -2.32. The Bertz CT molecular complexity index is 1480. The molecule has 0 saturated carbocycles. The molecule has 194 valence electrons. The number of benzene rings is 3. The minimum Gasteiger partial charge on any atom is -0.462 e. The molecule has 0 aromatic heterocycles. The number of hydrogen-bond donors (Lipinski definition) is 2. The number of nitrogens with zero attached hydrogens (tertiary/aromatic N) is 1. The van der Waals surface area contributed by atoms with Gasteiger partial charge in [-0.15, -0.1) is 0 Å². The molecule has 0 fully saturated rings. The van der Waals surface area contributed by atoms with Gasteiger partial charge in [0.2, 0.25) is 0 Å². The number of imide groups is 1. The standard InChI is InChI=1S/C28H23Cl2N3O5/c1-3-12-38-28(37)18-7-5-9-21(14-18)33-26(35)23(30)24(27(33)36)31-20-8-4-6-17(13-20)25(34)32-22-15-19(29)11-10-16(22)2/h4-11,13-15,31H,3,12H2,1-2H3,(H,32,34). The van der Waals surface area contributed by atoms with E-state index in [4.69, 9.17) is 27.9 Å². The minimum atomic E-state index is -0.747. The van der Waals surface area contributed by atoms with Gasteiger partial charge in [0.1, 0.15) is 10.7 Å². The topological polar surface area (TPSA) is 105 Å². The molecule has 38 heavy (non-hydrogen) atoms. The van der Waals surface area contributed by atoms with Gasteiger partial charge in [0.15, 0.2) is 0 Å². The highest BCUT2D eigenvalue weighted by atomic mass is 35.5. The van der Waals surface area contributed by atoms with Crippen LogP contribution in [0.2, 0.25) is 5.02 Å². The Labute approximate surface area is 229 Å². The molecule has 3 amide bonds. The van der Waals surface area contributed by atoms with Crippen LogP contribution < -0.4 is 15.5 Å². The van der Waals surface area contributed by atoms with Gasteiger partial charge in [-0.2, -0.15) is 0 Å². The Morgan fingerprint density at radius 3 is 2.42 bits per heavy atom. The van der Waals surface area contributed by atoms with Gasteiger partial charge in [-0.1, -0.05) is 48.3 Å². The van der Waals surface area contributed by atoms with Crippen LogP contribution in [-0.2, 0) is 14.3 Å². The average Bonchev–Trinajstić information content (AvgIpc) is 3.12. The molecule has 3 aromatic rings. The summed E-state index contributed by atoms with van der Waals surface area (Å²) in [6.45, 7) is 3.97. The lowest BCUT2D eigenvalue weighted by Gasteiger charge is -2.16.